The zero-order chi connectivity index (χ0) is 34.3. The van der Waals surface area contributed by atoms with Crippen LogP contribution in [0, 0.1) is 24.7 Å². The summed E-state index contributed by atoms with van der Waals surface area (Å²) in [5.74, 6) is 0.379. The maximum absolute atomic E-state index is 13.7. The van der Waals surface area contributed by atoms with Crippen LogP contribution in [0.5, 0.6) is 0 Å². The fourth-order valence-corrected chi connectivity index (χ4v) is 6.37. The number of pyridine rings is 1. The molecule has 0 bridgehead atoms. The minimum atomic E-state index is -0.553. The highest BCUT2D eigenvalue weighted by Gasteiger charge is 2.30. The Morgan fingerprint density at radius 1 is 0.980 bits per heavy atom. The number of aromatic amines is 1. The largest absolute Gasteiger partial charge is 0.330 e. The summed E-state index contributed by atoms with van der Waals surface area (Å²) in [5, 5.41) is 24.0. The molecule has 1 atom stereocenters. The summed E-state index contributed by atoms with van der Waals surface area (Å²) in [5.41, 5.74) is 11.2. The van der Waals surface area contributed by atoms with Gasteiger partial charge in [0.15, 0.2) is 5.82 Å². The summed E-state index contributed by atoms with van der Waals surface area (Å²) in [6.07, 6.45) is 7.54. The smallest absolute Gasteiger partial charge is 0.275 e. The van der Waals surface area contributed by atoms with Gasteiger partial charge in [-0.25, -0.2) is 0 Å². The number of rotatable bonds is 12. The van der Waals surface area contributed by atoms with Gasteiger partial charge >= 0.3 is 0 Å². The molecule has 3 aromatic heterocycles. The predicted molar refractivity (Wildman–Crippen MR) is 185 cm³/mol. The lowest BCUT2D eigenvalue weighted by Gasteiger charge is -2.27. The summed E-state index contributed by atoms with van der Waals surface area (Å²) < 4.78 is 1.61. The molecule has 1 aliphatic rings. The average Bonchev–Trinajstić information content (AvgIpc) is 3.81. The second-order valence-corrected chi connectivity index (χ2v) is 12.7. The van der Waals surface area contributed by atoms with Crippen LogP contribution in [0.15, 0.2) is 73.1 Å². The van der Waals surface area contributed by atoms with E-state index in [1.807, 2.05) is 43.3 Å². The summed E-state index contributed by atoms with van der Waals surface area (Å²) in [6.45, 7) is 2.58. The zero-order valence-corrected chi connectivity index (χ0v) is 27.6. The maximum atomic E-state index is 13.7. The van der Waals surface area contributed by atoms with Gasteiger partial charge in [0.1, 0.15) is 11.5 Å². The van der Waals surface area contributed by atoms with Gasteiger partial charge in [0.2, 0.25) is 11.7 Å². The van der Waals surface area contributed by atoms with E-state index in [1.165, 1.54) is 0 Å². The third-order valence-electron chi connectivity index (χ3n) is 9.26. The number of ketones is 1. The molecule has 5 aromatic rings. The van der Waals surface area contributed by atoms with Gasteiger partial charge in [0, 0.05) is 60.6 Å². The van der Waals surface area contributed by atoms with Crippen molar-refractivity contribution in [1.29, 1.82) is 0 Å². The first-order valence-electron chi connectivity index (χ1n) is 16.5. The monoisotopic (exact) mass is 660 g/mol. The van der Waals surface area contributed by atoms with E-state index >= 15 is 0 Å². The fraction of sp³-hybridized carbons (Fsp3) is 0.333. The molecule has 252 valence electrons. The van der Waals surface area contributed by atoms with Gasteiger partial charge < -0.3 is 16.4 Å². The van der Waals surface area contributed by atoms with Gasteiger partial charge in [-0.3, -0.25) is 24.0 Å². The fourth-order valence-electron chi connectivity index (χ4n) is 6.37. The number of nitrogens with two attached hydrogens (primary N) is 1. The standard InChI is InChI=1S/C36H40N10O3/c1-22-17-31(36(49)40-33-15-16-46(2)43-33)38-21-30(22)25-7-3-23(4-8-25)18-28(19-32(47)26-9-5-24(20-37)6-10-26)35(48)39-29-13-11-27(12-14-29)34-41-44-45-42-34/h3-4,7-8,11-17,21,24,26,28H,5-6,9-10,18-20,37H2,1-2H3,(H,39,48)(H,40,43,49)(H,41,42,44,45)/t24?,26?,28-/m1/s1. The molecule has 0 radical (unpaired) electrons. The Hall–Kier alpha value is -5.56. The van der Waals surface area contributed by atoms with E-state index in [0.29, 0.717) is 41.9 Å². The molecule has 13 nitrogen and oxygen atoms in total. The highest BCUT2D eigenvalue weighted by atomic mass is 16.2. The van der Waals surface area contributed by atoms with Crippen LogP contribution >= 0.6 is 0 Å². The van der Waals surface area contributed by atoms with E-state index in [0.717, 1.165) is 53.5 Å². The lowest BCUT2D eigenvalue weighted by atomic mass is 9.77. The summed E-state index contributed by atoms with van der Waals surface area (Å²) >= 11 is 0. The SMILES string of the molecule is Cc1cc(C(=O)Nc2ccn(C)n2)ncc1-c1ccc(C[C@H](CC(=O)C2CCC(CN)CC2)C(=O)Nc2ccc(-c3nn[nH]n3)cc2)cc1. The third kappa shape index (κ3) is 8.30. The summed E-state index contributed by atoms with van der Waals surface area (Å²) in [4.78, 5) is 44.3. The van der Waals surface area contributed by atoms with Crippen molar-refractivity contribution in [2.75, 3.05) is 17.2 Å². The summed E-state index contributed by atoms with van der Waals surface area (Å²) in [7, 11) is 1.78. The Morgan fingerprint density at radius 2 is 1.71 bits per heavy atom. The topological polar surface area (TPSA) is 186 Å². The molecule has 1 saturated carbocycles. The number of aromatic nitrogens is 7. The molecule has 0 saturated heterocycles. The van der Waals surface area contributed by atoms with Crippen LogP contribution < -0.4 is 16.4 Å². The van der Waals surface area contributed by atoms with Crippen LogP contribution in [-0.2, 0) is 23.1 Å². The van der Waals surface area contributed by atoms with Crippen molar-refractivity contribution in [3.05, 3.63) is 89.9 Å². The molecule has 0 aliphatic heterocycles. The number of aryl methyl sites for hydroxylation is 2. The van der Waals surface area contributed by atoms with Crippen LogP contribution in [0.1, 0.15) is 53.7 Å². The van der Waals surface area contributed by atoms with Gasteiger partial charge in [-0.1, -0.05) is 24.3 Å². The number of nitrogens with one attached hydrogen (secondary N) is 3. The number of benzene rings is 2. The van der Waals surface area contributed by atoms with Crippen molar-refractivity contribution in [1.82, 2.24) is 35.4 Å². The number of nitrogens with zero attached hydrogens (tertiary/aromatic N) is 6. The lowest BCUT2D eigenvalue weighted by Crippen LogP contribution is -2.31. The molecule has 3 heterocycles. The number of hydrogen-bond acceptors (Lipinski definition) is 9. The minimum Gasteiger partial charge on any atom is -0.330 e. The highest BCUT2D eigenvalue weighted by Crippen LogP contribution is 2.31. The Labute approximate surface area is 284 Å². The quantitative estimate of drug-likeness (QED) is 0.147. The van der Waals surface area contributed by atoms with Crippen LogP contribution in [0.4, 0.5) is 11.5 Å². The first kappa shape index (κ1) is 33.3. The Morgan fingerprint density at radius 3 is 2.35 bits per heavy atom. The van der Waals surface area contributed by atoms with Crippen LogP contribution in [0.3, 0.4) is 0 Å². The van der Waals surface area contributed by atoms with E-state index in [9.17, 15) is 14.4 Å². The first-order chi connectivity index (χ1) is 23.7. The number of anilines is 2. The maximum Gasteiger partial charge on any atom is 0.275 e. The molecule has 0 spiro atoms. The number of Topliss-reactive ketones (excluding diaryl/α,β-unsaturated/α-hetero) is 1. The number of amides is 2. The number of hydrogen-bond donors (Lipinski definition) is 4. The average molecular weight is 661 g/mol. The third-order valence-corrected chi connectivity index (χ3v) is 9.26. The van der Waals surface area contributed by atoms with Gasteiger partial charge in [-0.15, -0.1) is 10.2 Å². The van der Waals surface area contributed by atoms with E-state index in [4.69, 9.17) is 5.73 Å². The Kier molecular flexibility index (Phi) is 10.3. The second-order valence-electron chi connectivity index (χ2n) is 12.7. The molecule has 6 rings (SSSR count). The van der Waals surface area contributed by atoms with E-state index in [2.05, 4.69) is 41.3 Å². The predicted octanol–water partition coefficient (Wildman–Crippen LogP) is 4.74. The summed E-state index contributed by atoms with van der Waals surface area (Å²) in [6, 6.07) is 18.6. The van der Waals surface area contributed by atoms with Crippen molar-refractivity contribution >= 4 is 29.1 Å². The van der Waals surface area contributed by atoms with Crippen molar-refractivity contribution in [2.24, 2.45) is 30.5 Å². The van der Waals surface area contributed by atoms with Crippen molar-refractivity contribution in [3.63, 3.8) is 0 Å². The highest BCUT2D eigenvalue weighted by molar-refractivity contribution is 6.02. The van der Waals surface area contributed by atoms with Gasteiger partial charge in [0.05, 0.1) is 0 Å². The lowest BCUT2D eigenvalue weighted by molar-refractivity contribution is -0.129. The molecular weight excluding hydrogens is 620 g/mol. The van der Waals surface area contributed by atoms with Gasteiger partial charge in [-0.2, -0.15) is 10.3 Å². The molecule has 1 aliphatic carbocycles. The van der Waals surface area contributed by atoms with E-state index in [1.54, 1.807) is 48.4 Å². The molecule has 49 heavy (non-hydrogen) atoms. The second kappa shape index (κ2) is 15.1. The molecule has 2 amide bonds. The zero-order valence-electron chi connectivity index (χ0n) is 27.6. The normalized spacial score (nSPS) is 16.6. The first-order valence-corrected chi connectivity index (χ1v) is 16.5. The Balaban J connectivity index is 1.15. The van der Waals surface area contributed by atoms with Crippen molar-refractivity contribution in [3.8, 4) is 22.5 Å². The van der Waals surface area contributed by atoms with Crippen LogP contribution in [0.25, 0.3) is 22.5 Å². The van der Waals surface area contributed by atoms with E-state index < -0.39 is 5.92 Å². The molecular formula is C36H40N10O3. The number of tetrazole rings is 1. The molecule has 1 fully saturated rings. The van der Waals surface area contributed by atoms with Crippen molar-refractivity contribution in [2.45, 2.75) is 45.4 Å². The Bertz CT molecular complexity index is 1890. The van der Waals surface area contributed by atoms with E-state index in [-0.39, 0.29) is 29.9 Å². The van der Waals surface area contributed by atoms with Crippen LogP contribution in [0.2, 0.25) is 0 Å². The number of carbonyl (C=O) groups is 3. The number of carbonyl (C=O) groups excluding carboxylic acids is 3. The minimum absolute atomic E-state index is 0.0424. The van der Waals surface area contributed by atoms with Crippen molar-refractivity contribution < 1.29 is 14.4 Å². The molecule has 5 N–H and O–H groups in total. The molecule has 2 aromatic carbocycles. The number of H-pyrrole nitrogens is 1. The molecule has 13 heteroatoms. The van der Waals surface area contributed by atoms with Crippen LogP contribution in [-0.4, -0.2) is 59.5 Å². The van der Waals surface area contributed by atoms with Gasteiger partial charge in [0.25, 0.3) is 5.91 Å². The molecule has 0 unspecified atom stereocenters. The van der Waals surface area contributed by atoms with Gasteiger partial charge in [-0.05, 0) is 104 Å².